The van der Waals surface area contributed by atoms with Crippen molar-refractivity contribution < 1.29 is 19.8 Å². The van der Waals surface area contributed by atoms with Gasteiger partial charge in [0.2, 0.25) is 0 Å². The molecule has 0 aliphatic rings. The van der Waals surface area contributed by atoms with Gasteiger partial charge in [-0.15, -0.1) is 20.2 Å². The monoisotopic (exact) mass is 368 g/mol. The molecule has 0 radical (unpaired) electrons. The van der Waals surface area contributed by atoms with Crippen molar-refractivity contribution in [1.29, 1.82) is 0 Å². The van der Waals surface area contributed by atoms with E-state index in [-0.39, 0.29) is 29.7 Å². The van der Waals surface area contributed by atoms with Crippen LogP contribution in [0.4, 0.5) is 0 Å². The topological polar surface area (TPSA) is 160 Å². The summed E-state index contributed by atoms with van der Waals surface area (Å²) in [6, 6.07) is 0. The van der Waals surface area contributed by atoms with Crippen LogP contribution in [0.2, 0.25) is 0 Å². The summed E-state index contributed by atoms with van der Waals surface area (Å²) in [6.45, 7) is -0.951. The van der Waals surface area contributed by atoms with Crippen LogP contribution in [0, 0.1) is 20.2 Å². The molecule has 1 heterocycles. The van der Waals surface area contributed by atoms with E-state index in [0.29, 0.717) is 0 Å². The van der Waals surface area contributed by atoms with Crippen LogP contribution in [-0.4, -0.2) is 26.3 Å². The molecule has 0 atom stereocenters. The molecular weight excluding hydrogens is 360 g/mol. The molecule has 13 heteroatoms. The van der Waals surface area contributed by atoms with E-state index in [9.17, 15) is 29.8 Å². The number of aromatic amines is 1. The molecule has 12 nitrogen and oxygen atoms in total. The van der Waals surface area contributed by atoms with Gasteiger partial charge in [-0.3, -0.25) is 14.3 Å². The van der Waals surface area contributed by atoms with Gasteiger partial charge in [-0.1, -0.05) is 0 Å². The summed E-state index contributed by atoms with van der Waals surface area (Å²) in [5, 5.41) is 18.1. The summed E-state index contributed by atoms with van der Waals surface area (Å²) >= 11 is 2.90. The average molecular weight is 369 g/mol. The van der Waals surface area contributed by atoms with Crippen LogP contribution in [-0.2, 0) is 22.8 Å². The van der Waals surface area contributed by atoms with Gasteiger partial charge in [-0.05, 0) is 22.4 Å². The highest BCUT2D eigenvalue weighted by atomic mass is 79.9. The maximum absolute atomic E-state index is 11.7. The third kappa shape index (κ3) is 4.87. The Morgan fingerprint density at radius 3 is 2.38 bits per heavy atom. The van der Waals surface area contributed by atoms with E-state index in [1.807, 2.05) is 4.98 Å². The molecule has 0 aliphatic carbocycles. The molecule has 0 saturated carbocycles. The highest BCUT2D eigenvalue weighted by molar-refractivity contribution is 9.10. The number of aromatic nitrogens is 2. The Kier molecular flexibility index (Phi) is 5.83. The second-order valence-electron chi connectivity index (χ2n) is 3.58. The van der Waals surface area contributed by atoms with Crippen molar-refractivity contribution in [2.75, 3.05) is 6.61 Å². The van der Waals surface area contributed by atoms with Crippen molar-refractivity contribution in [3.63, 3.8) is 0 Å². The summed E-state index contributed by atoms with van der Waals surface area (Å²) in [4.78, 5) is 53.5. The van der Waals surface area contributed by atoms with E-state index >= 15 is 0 Å². The van der Waals surface area contributed by atoms with E-state index < -0.39 is 28.0 Å². The summed E-state index contributed by atoms with van der Waals surface area (Å²) < 4.78 is 0.900. The van der Waals surface area contributed by atoms with Crippen LogP contribution in [0.5, 0.6) is 0 Å². The van der Waals surface area contributed by atoms with E-state index in [2.05, 4.69) is 25.6 Å². The fourth-order valence-electron chi connectivity index (χ4n) is 1.44. The van der Waals surface area contributed by atoms with Gasteiger partial charge < -0.3 is 9.68 Å². The predicted molar refractivity (Wildman–Crippen MR) is 68.4 cm³/mol. The Bertz CT molecular complexity index is 653. The summed E-state index contributed by atoms with van der Waals surface area (Å²) in [6.07, 6.45) is 0.0742. The highest BCUT2D eigenvalue weighted by Gasteiger charge is 2.14. The van der Waals surface area contributed by atoms with Crippen LogP contribution < -0.4 is 11.2 Å². The Balaban J connectivity index is 2.96. The second kappa shape index (κ2) is 7.37. The third-order valence-electron chi connectivity index (χ3n) is 2.27. The van der Waals surface area contributed by atoms with Gasteiger partial charge in [0.15, 0.2) is 0 Å². The molecule has 0 spiro atoms. The molecular formula is C8H9BrN4O8. The maximum atomic E-state index is 11.7. The summed E-state index contributed by atoms with van der Waals surface area (Å²) in [5.74, 6) is 0. The third-order valence-corrected chi connectivity index (χ3v) is 3.09. The predicted octanol–water partition coefficient (Wildman–Crippen LogP) is -0.394. The van der Waals surface area contributed by atoms with Crippen molar-refractivity contribution in [3.05, 3.63) is 51.2 Å². The zero-order valence-electron chi connectivity index (χ0n) is 10.3. The molecule has 1 aromatic rings. The quantitative estimate of drug-likeness (QED) is 0.368. The van der Waals surface area contributed by atoms with Gasteiger partial charge in [-0.25, -0.2) is 4.79 Å². The van der Waals surface area contributed by atoms with Gasteiger partial charge in [-0.2, -0.15) is 0 Å². The van der Waals surface area contributed by atoms with Gasteiger partial charge in [0.1, 0.15) is 11.1 Å². The molecule has 0 aromatic carbocycles. The molecule has 0 fully saturated rings. The molecule has 21 heavy (non-hydrogen) atoms. The number of halogens is 1. The Morgan fingerprint density at radius 2 is 1.81 bits per heavy atom. The normalized spacial score (nSPS) is 10.1. The van der Waals surface area contributed by atoms with Crippen LogP contribution in [0.3, 0.4) is 0 Å². The number of hydrogen-bond donors (Lipinski definition) is 1. The average Bonchev–Trinajstić information content (AvgIpc) is 2.38. The van der Waals surface area contributed by atoms with Gasteiger partial charge in [0, 0.05) is 6.54 Å². The van der Waals surface area contributed by atoms with Gasteiger partial charge in [0.25, 0.3) is 15.7 Å². The first-order valence-corrected chi connectivity index (χ1v) is 6.18. The molecule has 0 aliphatic heterocycles. The number of H-pyrrole nitrogens is 1. The first kappa shape index (κ1) is 16.6. The zero-order valence-corrected chi connectivity index (χ0v) is 11.9. The van der Waals surface area contributed by atoms with E-state index in [1.54, 1.807) is 0 Å². The minimum Gasteiger partial charge on any atom is -0.314 e. The fraction of sp³-hybridized carbons (Fsp3) is 0.500. The molecule has 1 aromatic heterocycles. The van der Waals surface area contributed by atoms with Crippen molar-refractivity contribution >= 4 is 15.9 Å². The molecule has 1 rings (SSSR count). The molecule has 0 bridgehead atoms. The minimum atomic E-state index is -1.07. The number of hydrogen-bond acceptors (Lipinski definition) is 8. The first-order valence-electron chi connectivity index (χ1n) is 5.39. The fourth-order valence-corrected chi connectivity index (χ4v) is 1.87. The standard InChI is InChI=1S/C8H9BrN4O8/c9-6-5(4-21-13(18)19)11(8(15)10-7(6)14)2-1-3-20-12(16)17/h1-4H2,(H,10,14,15). The van der Waals surface area contributed by atoms with Crippen molar-refractivity contribution in [3.8, 4) is 0 Å². The second-order valence-corrected chi connectivity index (χ2v) is 4.37. The summed E-state index contributed by atoms with van der Waals surface area (Å²) in [5.41, 5.74) is -1.63. The lowest BCUT2D eigenvalue weighted by atomic mass is 10.3. The van der Waals surface area contributed by atoms with E-state index in [1.165, 1.54) is 0 Å². The molecule has 1 N–H and O–H groups in total. The lowest BCUT2D eigenvalue weighted by molar-refractivity contribution is -0.763. The zero-order chi connectivity index (χ0) is 16.0. The maximum Gasteiger partial charge on any atom is 0.328 e. The van der Waals surface area contributed by atoms with Crippen LogP contribution >= 0.6 is 15.9 Å². The Hall–Kier alpha value is -2.44. The van der Waals surface area contributed by atoms with Gasteiger partial charge in [0.05, 0.1) is 12.3 Å². The van der Waals surface area contributed by atoms with Crippen LogP contribution in [0.15, 0.2) is 14.1 Å². The first-order chi connectivity index (χ1) is 9.82. The van der Waals surface area contributed by atoms with E-state index in [4.69, 9.17) is 0 Å². The molecule has 0 amide bonds. The van der Waals surface area contributed by atoms with Crippen LogP contribution in [0.1, 0.15) is 12.1 Å². The highest BCUT2D eigenvalue weighted by Crippen LogP contribution is 2.11. The lowest BCUT2D eigenvalue weighted by Crippen LogP contribution is -2.34. The van der Waals surface area contributed by atoms with Gasteiger partial charge >= 0.3 is 5.69 Å². The van der Waals surface area contributed by atoms with Crippen LogP contribution in [0.25, 0.3) is 0 Å². The number of nitrogens with zero attached hydrogens (tertiary/aromatic N) is 3. The molecule has 0 saturated heterocycles. The van der Waals surface area contributed by atoms with E-state index in [0.717, 1.165) is 4.57 Å². The largest absolute Gasteiger partial charge is 0.328 e. The number of nitrogens with one attached hydrogen (secondary N) is 1. The van der Waals surface area contributed by atoms with Crippen molar-refractivity contribution in [1.82, 2.24) is 9.55 Å². The molecule has 116 valence electrons. The lowest BCUT2D eigenvalue weighted by Gasteiger charge is -2.12. The summed E-state index contributed by atoms with van der Waals surface area (Å²) in [7, 11) is 0. The number of rotatable bonds is 8. The van der Waals surface area contributed by atoms with Crippen molar-refractivity contribution in [2.45, 2.75) is 19.6 Å². The molecule has 0 unspecified atom stereocenters. The Morgan fingerprint density at radius 1 is 1.19 bits per heavy atom. The SMILES string of the molecule is O=c1[nH]c(=O)n(CCCO[N+](=O)[O-])c(CO[N+](=O)[O-])c1Br. The smallest absolute Gasteiger partial charge is 0.314 e. The Labute approximate surface area is 123 Å². The minimum absolute atomic E-state index is 0.0541. The van der Waals surface area contributed by atoms with Crippen molar-refractivity contribution in [2.24, 2.45) is 0 Å².